The fraction of sp³-hybridized carbons (Fsp3) is 0.172. The van der Waals surface area contributed by atoms with E-state index in [4.69, 9.17) is 16.3 Å². The van der Waals surface area contributed by atoms with E-state index >= 15 is 0 Å². The van der Waals surface area contributed by atoms with Crippen LogP contribution in [-0.2, 0) is 20.7 Å². The molecule has 9 heteroatoms. The number of nitrogens with zero attached hydrogens (tertiary/aromatic N) is 1. The van der Waals surface area contributed by atoms with E-state index in [1.807, 2.05) is 30.3 Å². The van der Waals surface area contributed by atoms with Crippen molar-refractivity contribution in [3.63, 3.8) is 0 Å². The van der Waals surface area contributed by atoms with Gasteiger partial charge in [-0.3, -0.25) is 14.4 Å². The van der Waals surface area contributed by atoms with Crippen LogP contribution < -0.4 is 15.5 Å². The summed E-state index contributed by atoms with van der Waals surface area (Å²) in [5.41, 5.74) is 2.14. The predicted octanol–water partition coefficient (Wildman–Crippen LogP) is 4.66. The van der Waals surface area contributed by atoms with Crippen molar-refractivity contribution in [1.82, 2.24) is 5.32 Å². The van der Waals surface area contributed by atoms with Crippen molar-refractivity contribution >= 4 is 46.7 Å². The molecule has 194 valence electrons. The zero-order valence-electron chi connectivity index (χ0n) is 20.9. The Morgan fingerprint density at radius 2 is 1.61 bits per heavy atom. The molecule has 3 aromatic rings. The highest BCUT2D eigenvalue weighted by Crippen LogP contribution is 2.31. The third-order valence-corrected chi connectivity index (χ3v) is 6.00. The van der Waals surface area contributed by atoms with Gasteiger partial charge in [0, 0.05) is 17.8 Å². The normalized spacial score (nSPS) is 13.2. The average molecular weight is 532 g/mol. The minimum Gasteiger partial charge on any atom is -0.459 e. The number of amides is 3. The maximum Gasteiger partial charge on any atom is 0.338 e. The van der Waals surface area contributed by atoms with Gasteiger partial charge in [0.1, 0.15) is 10.7 Å². The van der Waals surface area contributed by atoms with Gasteiger partial charge in [0.15, 0.2) is 0 Å². The Balaban J connectivity index is 1.45. The second-order valence-electron chi connectivity index (χ2n) is 8.84. The summed E-state index contributed by atoms with van der Waals surface area (Å²) in [6, 6.07) is 22.3. The first kappa shape index (κ1) is 26.6. The molecular weight excluding hydrogens is 506 g/mol. The minimum absolute atomic E-state index is 0.131. The van der Waals surface area contributed by atoms with Crippen LogP contribution >= 0.6 is 11.6 Å². The molecular formula is C29H26ClN3O5. The van der Waals surface area contributed by atoms with E-state index in [-0.39, 0.29) is 34.0 Å². The zero-order valence-corrected chi connectivity index (χ0v) is 21.6. The quantitative estimate of drug-likeness (QED) is 0.307. The number of halogens is 1. The summed E-state index contributed by atoms with van der Waals surface area (Å²) in [5.74, 6) is -2.27. The van der Waals surface area contributed by atoms with Crippen molar-refractivity contribution in [2.75, 3.05) is 16.8 Å². The lowest BCUT2D eigenvalue weighted by Gasteiger charge is -2.16. The van der Waals surface area contributed by atoms with Gasteiger partial charge < -0.3 is 15.4 Å². The largest absolute Gasteiger partial charge is 0.459 e. The monoisotopic (exact) mass is 531 g/mol. The molecule has 3 aromatic carbocycles. The molecule has 0 aliphatic carbocycles. The lowest BCUT2D eigenvalue weighted by Crippen LogP contribution is -2.32. The molecule has 0 radical (unpaired) electrons. The number of esters is 1. The van der Waals surface area contributed by atoms with Crippen molar-refractivity contribution in [2.24, 2.45) is 0 Å². The van der Waals surface area contributed by atoms with Crippen LogP contribution in [0.5, 0.6) is 0 Å². The van der Waals surface area contributed by atoms with Crippen molar-refractivity contribution < 1.29 is 23.9 Å². The lowest BCUT2D eigenvalue weighted by molar-refractivity contribution is -0.120. The Morgan fingerprint density at radius 1 is 0.895 bits per heavy atom. The summed E-state index contributed by atoms with van der Waals surface area (Å²) in [5, 5.41) is 5.45. The van der Waals surface area contributed by atoms with E-state index < -0.39 is 17.8 Å². The van der Waals surface area contributed by atoms with Crippen molar-refractivity contribution in [1.29, 1.82) is 0 Å². The first-order valence-electron chi connectivity index (χ1n) is 12.0. The standard InChI is InChI=1S/C29H26ClN3O5/c1-18(2)38-29(37)21-11-7-13-23(17-21)33-27(35)24(30)25(28(33)36)32-22-12-6-10-20(16-22)26(34)31-15-14-19-8-4-3-5-9-19/h3-13,16-18,32H,14-15H2,1-2H3,(H,31,34). The van der Waals surface area contributed by atoms with Gasteiger partial charge in [0.25, 0.3) is 17.7 Å². The summed E-state index contributed by atoms with van der Waals surface area (Å²) in [4.78, 5) is 51.9. The van der Waals surface area contributed by atoms with E-state index in [0.29, 0.717) is 24.2 Å². The Kier molecular flexibility index (Phi) is 8.23. The molecule has 38 heavy (non-hydrogen) atoms. The van der Waals surface area contributed by atoms with E-state index in [1.54, 1.807) is 44.2 Å². The van der Waals surface area contributed by atoms with Gasteiger partial charge >= 0.3 is 5.97 Å². The Bertz CT molecular complexity index is 1420. The molecule has 0 bridgehead atoms. The molecule has 1 aliphatic rings. The van der Waals surface area contributed by atoms with Crippen LogP contribution in [0, 0.1) is 0 Å². The van der Waals surface area contributed by atoms with Gasteiger partial charge in [-0.15, -0.1) is 0 Å². The van der Waals surface area contributed by atoms with Crippen molar-refractivity contribution in [3.8, 4) is 0 Å². The molecule has 0 saturated carbocycles. The molecule has 8 nitrogen and oxygen atoms in total. The van der Waals surface area contributed by atoms with Gasteiger partial charge in [0.2, 0.25) is 0 Å². The van der Waals surface area contributed by atoms with Crippen LogP contribution in [0.15, 0.2) is 89.6 Å². The number of carbonyl (C=O) groups excluding carboxylic acids is 4. The summed E-state index contributed by atoms with van der Waals surface area (Å²) >= 11 is 6.25. The van der Waals surface area contributed by atoms with Gasteiger partial charge in [-0.05, 0) is 62.2 Å². The molecule has 1 aliphatic heterocycles. The van der Waals surface area contributed by atoms with Crippen LogP contribution in [0.3, 0.4) is 0 Å². The van der Waals surface area contributed by atoms with Gasteiger partial charge in [-0.25, -0.2) is 9.69 Å². The van der Waals surface area contributed by atoms with Gasteiger partial charge in [-0.2, -0.15) is 0 Å². The highest BCUT2D eigenvalue weighted by molar-refractivity contribution is 6.53. The number of benzene rings is 3. The fourth-order valence-electron chi connectivity index (χ4n) is 3.85. The topological polar surface area (TPSA) is 105 Å². The molecule has 0 atom stereocenters. The lowest BCUT2D eigenvalue weighted by atomic mass is 10.1. The number of imide groups is 1. The van der Waals surface area contributed by atoms with Crippen molar-refractivity contribution in [3.05, 3.63) is 106 Å². The average Bonchev–Trinajstić information content (AvgIpc) is 3.12. The summed E-state index contributed by atoms with van der Waals surface area (Å²) in [7, 11) is 0. The SMILES string of the molecule is CC(C)OC(=O)c1cccc(N2C(=O)C(Cl)=C(Nc3cccc(C(=O)NCCc4ccccc4)c3)C2=O)c1. The Morgan fingerprint density at radius 3 is 2.34 bits per heavy atom. The van der Waals surface area contributed by atoms with Crippen LogP contribution in [0.4, 0.5) is 11.4 Å². The van der Waals surface area contributed by atoms with Gasteiger partial charge in [-0.1, -0.05) is 54.1 Å². The maximum absolute atomic E-state index is 13.2. The minimum atomic E-state index is -0.733. The third kappa shape index (κ3) is 6.10. The van der Waals surface area contributed by atoms with E-state index in [1.165, 1.54) is 18.2 Å². The maximum atomic E-state index is 13.2. The highest BCUT2D eigenvalue weighted by Gasteiger charge is 2.39. The first-order valence-corrected chi connectivity index (χ1v) is 12.4. The number of carbonyl (C=O) groups is 4. The third-order valence-electron chi connectivity index (χ3n) is 5.65. The van der Waals surface area contributed by atoms with Crippen molar-refractivity contribution in [2.45, 2.75) is 26.4 Å². The molecule has 0 aromatic heterocycles. The number of ether oxygens (including phenoxy) is 1. The van der Waals surface area contributed by atoms with Crippen LogP contribution in [0.2, 0.25) is 0 Å². The van der Waals surface area contributed by atoms with Gasteiger partial charge in [0.05, 0.1) is 17.4 Å². The van der Waals surface area contributed by atoms with E-state index in [0.717, 1.165) is 10.5 Å². The van der Waals surface area contributed by atoms with E-state index in [2.05, 4.69) is 10.6 Å². The van der Waals surface area contributed by atoms with Crippen LogP contribution in [0.25, 0.3) is 0 Å². The summed E-state index contributed by atoms with van der Waals surface area (Å²) in [6.07, 6.45) is 0.366. The highest BCUT2D eigenvalue weighted by atomic mass is 35.5. The molecule has 0 spiro atoms. The molecule has 0 saturated heterocycles. The number of hydrogen-bond acceptors (Lipinski definition) is 6. The van der Waals surface area contributed by atoms with Crippen LogP contribution in [-0.4, -0.2) is 36.3 Å². The summed E-state index contributed by atoms with van der Waals surface area (Å²) in [6.45, 7) is 3.91. The first-order chi connectivity index (χ1) is 18.2. The summed E-state index contributed by atoms with van der Waals surface area (Å²) < 4.78 is 5.20. The fourth-order valence-corrected chi connectivity index (χ4v) is 4.06. The molecule has 0 unspecified atom stereocenters. The number of nitrogens with one attached hydrogen (secondary N) is 2. The Labute approximate surface area is 225 Å². The molecule has 3 amide bonds. The second-order valence-corrected chi connectivity index (χ2v) is 9.21. The molecule has 1 heterocycles. The Hall–Kier alpha value is -4.43. The number of anilines is 2. The van der Waals surface area contributed by atoms with E-state index in [9.17, 15) is 19.2 Å². The smallest absolute Gasteiger partial charge is 0.338 e. The number of hydrogen-bond donors (Lipinski definition) is 2. The zero-order chi connectivity index (χ0) is 27.2. The predicted molar refractivity (Wildman–Crippen MR) is 145 cm³/mol. The molecule has 0 fully saturated rings. The molecule has 2 N–H and O–H groups in total. The van der Waals surface area contributed by atoms with Crippen LogP contribution in [0.1, 0.15) is 40.1 Å². The number of rotatable bonds is 9. The second kappa shape index (κ2) is 11.7. The molecule has 4 rings (SSSR count).